The third-order valence-corrected chi connectivity index (χ3v) is 4.51. The highest BCUT2D eigenvalue weighted by atomic mass is 16.1. The van der Waals surface area contributed by atoms with Crippen LogP contribution in [-0.2, 0) is 4.79 Å². The smallest absolute Gasteiger partial charge is 0.220 e. The monoisotopic (exact) mass is 252 g/mol. The Hall–Kier alpha value is -0.570. The summed E-state index contributed by atoms with van der Waals surface area (Å²) in [6.45, 7) is 3.84. The zero-order valence-electron chi connectivity index (χ0n) is 11.7. The van der Waals surface area contributed by atoms with Crippen molar-refractivity contribution >= 4 is 5.91 Å². The summed E-state index contributed by atoms with van der Waals surface area (Å²) >= 11 is 0. The largest absolute Gasteiger partial charge is 0.356 e. The van der Waals surface area contributed by atoms with Crippen molar-refractivity contribution in [3.05, 3.63) is 0 Å². The molecule has 3 heteroatoms. The molecular weight excluding hydrogens is 224 g/mol. The van der Waals surface area contributed by atoms with Gasteiger partial charge in [-0.3, -0.25) is 4.79 Å². The SMILES string of the molecule is CC(CCN)CCC(=O)NCC(C1CC1)C1CC1. The summed E-state index contributed by atoms with van der Waals surface area (Å²) in [5.74, 6) is 3.45. The molecule has 3 nitrogen and oxygen atoms in total. The first kappa shape index (κ1) is 13.9. The van der Waals surface area contributed by atoms with Crippen LogP contribution in [0.2, 0.25) is 0 Å². The van der Waals surface area contributed by atoms with E-state index in [2.05, 4.69) is 12.2 Å². The van der Waals surface area contributed by atoms with Crippen molar-refractivity contribution in [3.63, 3.8) is 0 Å². The van der Waals surface area contributed by atoms with Crippen LogP contribution in [0.1, 0.15) is 51.9 Å². The number of carbonyl (C=O) groups excluding carboxylic acids is 1. The van der Waals surface area contributed by atoms with Gasteiger partial charge in [0.1, 0.15) is 0 Å². The van der Waals surface area contributed by atoms with Crippen LogP contribution in [-0.4, -0.2) is 19.0 Å². The molecule has 3 N–H and O–H groups in total. The fourth-order valence-electron chi connectivity index (χ4n) is 2.89. The van der Waals surface area contributed by atoms with Gasteiger partial charge in [-0.25, -0.2) is 0 Å². The second-order valence-corrected chi connectivity index (χ2v) is 6.36. The minimum Gasteiger partial charge on any atom is -0.356 e. The molecular formula is C15H28N2O. The molecule has 2 saturated carbocycles. The molecule has 0 heterocycles. The molecule has 2 aliphatic rings. The van der Waals surface area contributed by atoms with Gasteiger partial charge in [-0.1, -0.05) is 6.92 Å². The molecule has 2 fully saturated rings. The predicted octanol–water partition coefficient (Wildman–Crippen LogP) is 2.30. The van der Waals surface area contributed by atoms with E-state index in [4.69, 9.17) is 5.73 Å². The van der Waals surface area contributed by atoms with Gasteiger partial charge in [-0.2, -0.15) is 0 Å². The highest BCUT2D eigenvalue weighted by Gasteiger charge is 2.41. The van der Waals surface area contributed by atoms with Crippen LogP contribution >= 0.6 is 0 Å². The summed E-state index contributed by atoms with van der Waals surface area (Å²) in [4.78, 5) is 11.8. The van der Waals surface area contributed by atoms with Gasteiger partial charge in [0.15, 0.2) is 0 Å². The number of nitrogens with one attached hydrogen (secondary N) is 1. The average molecular weight is 252 g/mol. The van der Waals surface area contributed by atoms with E-state index < -0.39 is 0 Å². The molecule has 2 aliphatic carbocycles. The van der Waals surface area contributed by atoms with Crippen LogP contribution in [0.15, 0.2) is 0 Å². The Balaban J connectivity index is 1.58. The fourth-order valence-corrected chi connectivity index (χ4v) is 2.89. The Labute approximate surface area is 111 Å². The molecule has 0 aromatic carbocycles. The lowest BCUT2D eigenvalue weighted by Crippen LogP contribution is -2.31. The minimum absolute atomic E-state index is 0.241. The quantitative estimate of drug-likeness (QED) is 0.661. The first-order chi connectivity index (χ1) is 8.70. The summed E-state index contributed by atoms with van der Waals surface area (Å²) in [5, 5.41) is 3.15. The lowest BCUT2D eigenvalue weighted by atomic mass is 9.97. The van der Waals surface area contributed by atoms with Crippen LogP contribution in [0.5, 0.6) is 0 Å². The van der Waals surface area contributed by atoms with Crippen molar-refractivity contribution < 1.29 is 4.79 Å². The molecule has 0 aliphatic heterocycles. The molecule has 0 radical (unpaired) electrons. The lowest BCUT2D eigenvalue weighted by Gasteiger charge is -2.16. The van der Waals surface area contributed by atoms with E-state index in [-0.39, 0.29) is 5.91 Å². The van der Waals surface area contributed by atoms with Gasteiger partial charge >= 0.3 is 0 Å². The maximum Gasteiger partial charge on any atom is 0.220 e. The molecule has 0 aromatic rings. The van der Waals surface area contributed by atoms with E-state index in [0.717, 1.165) is 43.7 Å². The van der Waals surface area contributed by atoms with Gasteiger partial charge in [0.25, 0.3) is 0 Å². The van der Waals surface area contributed by atoms with Crippen LogP contribution in [0, 0.1) is 23.7 Å². The van der Waals surface area contributed by atoms with E-state index in [1.807, 2.05) is 0 Å². The highest BCUT2D eigenvalue weighted by Crippen LogP contribution is 2.48. The minimum atomic E-state index is 0.241. The van der Waals surface area contributed by atoms with E-state index in [1.165, 1.54) is 25.7 Å². The molecule has 1 atom stereocenters. The second-order valence-electron chi connectivity index (χ2n) is 6.36. The summed E-state index contributed by atoms with van der Waals surface area (Å²) in [6, 6.07) is 0. The number of hydrogen-bond donors (Lipinski definition) is 2. The van der Waals surface area contributed by atoms with Gasteiger partial charge in [-0.15, -0.1) is 0 Å². The normalized spacial score (nSPS) is 21.1. The van der Waals surface area contributed by atoms with Crippen molar-refractivity contribution in [2.24, 2.45) is 29.4 Å². The molecule has 2 rings (SSSR count). The Morgan fingerprint density at radius 2 is 1.83 bits per heavy atom. The van der Waals surface area contributed by atoms with Gasteiger partial charge in [0, 0.05) is 13.0 Å². The zero-order chi connectivity index (χ0) is 13.0. The van der Waals surface area contributed by atoms with Gasteiger partial charge in [0.05, 0.1) is 0 Å². The Morgan fingerprint density at radius 1 is 1.22 bits per heavy atom. The van der Waals surface area contributed by atoms with E-state index in [9.17, 15) is 4.79 Å². The van der Waals surface area contributed by atoms with Crippen molar-refractivity contribution in [1.29, 1.82) is 0 Å². The molecule has 0 bridgehead atoms. The van der Waals surface area contributed by atoms with E-state index in [1.54, 1.807) is 0 Å². The second kappa shape index (κ2) is 6.55. The molecule has 18 heavy (non-hydrogen) atoms. The van der Waals surface area contributed by atoms with E-state index in [0.29, 0.717) is 12.3 Å². The van der Waals surface area contributed by atoms with E-state index >= 15 is 0 Å². The van der Waals surface area contributed by atoms with Crippen molar-refractivity contribution in [1.82, 2.24) is 5.32 Å². The highest BCUT2D eigenvalue weighted by molar-refractivity contribution is 5.75. The number of nitrogens with two attached hydrogens (primary N) is 1. The maximum atomic E-state index is 11.8. The lowest BCUT2D eigenvalue weighted by molar-refractivity contribution is -0.121. The molecule has 0 aromatic heterocycles. The first-order valence-corrected chi connectivity index (χ1v) is 7.67. The van der Waals surface area contributed by atoms with Gasteiger partial charge in [0.2, 0.25) is 5.91 Å². The summed E-state index contributed by atoms with van der Waals surface area (Å²) in [7, 11) is 0. The van der Waals surface area contributed by atoms with Crippen molar-refractivity contribution in [2.75, 3.05) is 13.1 Å². The zero-order valence-corrected chi connectivity index (χ0v) is 11.7. The standard InChI is InChI=1S/C15H28N2O/c1-11(8-9-16)2-7-15(18)17-10-14(12-3-4-12)13-5-6-13/h11-14H,2-10,16H2,1H3,(H,17,18). The van der Waals surface area contributed by atoms with Crippen molar-refractivity contribution in [3.8, 4) is 0 Å². The number of hydrogen-bond acceptors (Lipinski definition) is 2. The Kier molecular flexibility index (Phi) is 5.04. The third kappa shape index (κ3) is 4.60. The fraction of sp³-hybridized carbons (Fsp3) is 0.933. The maximum absolute atomic E-state index is 11.8. The van der Waals surface area contributed by atoms with Crippen LogP contribution < -0.4 is 11.1 Å². The predicted molar refractivity (Wildman–Crippen MR) is 74.0 cm³/mol. The van der Waals surface area contributed by atoms with Crippen LogP contribution in [0.3, 0.4) is 0 Å². The molecule has 1 unspecified atom stereocenters. The Bertz CT molecular complexity index is 260. The third-order valence-electron chi connectivity index (χ3n) is 4.51. The summed E-state index contributed by atoms with van der Waals surface area (Å²) < 4.78 is 0. The van der Waals surface area contributed by atoms with Crippen molar-refractivity contribution in [2.45, 2.75) is 51.9 Å². The first-order valence-electron chi connectivity index (χ1n) is 7.67. The molecule has 0 spiro atoms. The Morgan fingerprint density at radius 3 is 2.33 bits per heavy atom. The van der Waals surface area contributed by atoms with Gasteiger partial charge < -0.3 is 11.1 Å². The van der Waals surface area contributed by atoms with Gasteiger partial charge in [-0.05, 0) is 68.7 Å². The molecule has 0 saturated heterocycles. The van der Waals surface area contributed by atoms with Crippen LogP contribution in [0.25, 0.3) is 0 Å². The summed E-state index contributed by atoms with van der Waals surface area (Å²) in [5.41, 5.74) is 5.51. The summed E-state index contributed by atoms with van der Waals surface area (Å²) in [6.07, 6.45) is 8.24. The van der Waals surface area contributed by atoms with Crippen LogP contribution in [0.4, 0.5) is 0 Å². The number of carbonyl (C=O) groups is 1. The average Bonchev–Trinajstić information content (AvgIpc) is 3.19. The number of amides is 1. The molecule has 104 valence electrons. The molecule has 1 amide bonds. The number of rotatable bonds is 9. The topological polar surface area (TPSA) is 55.1 Å².